The van der Waals surface area contributed by atoms with Crippen molar-refractivity contribution in [3.8, 4) is 0 Å². The van der Waals surface area contributed by atoms with Gasteiger partial charge in [0.1, 0.15) is 10.0 Å². The van der Waals surface area contributed by atoms with Gasteiger partial charge in [-0.15, -0.1) is 10.2 Å². The van der Waals surface area contributed by atoms with Gasteiger partial charge in [0.15, 0.2) is 0 Å². The quantitative estimate of drug-likeness (QED) is 0.877. The van der Waals surface area contributed by atoms with E-state index in [1.54, 1.807) is 11.3 Å². The summed E-state index contributed by atoms with van der Waals surface area (Å²) in [6.45, 7) is 7.59. The van der Waals surface area contributed by atoms with Crippen LogP contribution in [-0.2, 0) is 5.41 Å². The van der Waals surface area contributed by atoms with Gasteiger partial charge in [-0.3, -0.25) is 0 Å². The third-order valence-electron chi connectivity index (χ3n) is 3.54. The van der Waals surface area contributed by atoms with E-state index in [0.717, 1.165) is 11.6 Å². The molecule has 1 heterocycles. The van der Waals surface area contributed by atoms with Crippen LogP contribution in [0.4, 0.5) is 0 Å². The van der Waals surface area contributed by atoms with Crippen molar-refractivity contribution in [1.29, 1.82) is 0 Å². The summed E-state index contributed by atoms with van der Waals surface area (Å²) in [6, 6.07) is 0.334. The summed E-state index contributed by atoms with van der Waals surface area (Å²) in [5.74, 6) is 0. The van der Waals surface area contributed by atoms with E-state index in [0.29, 0.717) is 11.5 Å². The Bertz CT molecular complexity index is 342. The van der Waals surface area contributed by atoms with E-state index in [-0.39, 0.29) is 0 Å². The Hall–Kier alpha value is -0.480. The molecule has 0 bridgehead atoms. The summed E-state index contributed by atoms with van der Waals surface area (Å²) >= 11 is 1.79. The third kappa shape index (κ3) is 2.28. The molecule has 1 unspecified atom stereocenters. The largest absolute Gasteiger partial charge is 0.308 e. The van der Waals surface area contributed by atoms with Crippen LogP contribution in [0.1, 0.15) is 62.5 Å². The minimum atomic E-state index is 0.307. The molecule has 0 amide bonds. The van der Waals surface area contributed by atoms with E-state index in [9.17, 15) is 0 Å². The SMILES string of the molecule is CCNC(C)c1nnc(C2(C)CCCC2)s1. The highest BCUT2D eigenvalue weighted by atomic mass is 32.1. The second-order valence-electron chi connectivity index (χ2n) is 4.99. The van der Waals surface area contributed by atoms with Crippen LogP contribution in [0.2, 0.25) is 0 Å². The Morgan fingerprint density at radius 3 is 2.69 bits per heavy atom. The molecule has 1 aromatic heterocycles. The minimum Gasteiger partial charge on any atom is -0.308 e. The van der Waals surface area contributed by atoms with Gasteiger partial charge in [0, 0.05) is 5.41 Å². The Balaban J connectivity index is 2.12. The van der Waals surface area contributed by atoms with Crippen molar-refractivity contribution in [2.45, 2.75) is 57.9 Å². The minimum absolute atomic E-state index is 0.307. The van der Waals surface area contributed by atoms with Gasteiger partial charge in [0.2, 0.25) is 0 Å². The molecular formula is C12H21N3S. The van der Waals surface area contributed by atoms with E-state index < -0.39 is 0 Å². The monoisotopic (exact) mass is 239 g/mol. The van der Waals surface area contributed by atoms with E-state index in [1.165, 1.54) is 30.7 Å². The van der Waals surface area contributed by atoms with Crippen molar-refractivity contribution in [1.82, 2.24) is 15.5 Å². The number of rotatable bonds is 4. The molecule has 3 nitrogen and oxygen atoms in total. The second kappa shape index (κ2) is 4.80. The van der Waals surface area contributed by atoms with Crippen molar-refractivity contribution in [2.24, 2.45) is 0 Å². The smallest absolute Gasteiger partial charge is 0.134 e. The lowest BCUT2D eigenvalue weighted by molar-refractivity contribution is 0.483. The molecule has 1 fully saturated rings. The summed E-state index contributed by atoms with van der Waals surface area (Å²) in [5, 5.41) is 14.5. The maximum atomic E-state index is 4.40. The number of nitrogens with one attached hydrogen (secondary N) is 1. The fourth-order valence-electron chi connectivity index (χ4n) is 2.42. The summed E-state index contributed by atoms with van der Waals surface area (Å²) in [7, 11) is 0. The Morgan fingerprint density at radius 2 is 2.06 bits per heavy atom. The summed E-state index contributed by atoms with van der Waals surface area (Å²) in [6.07, 6.45) is 5.23. The number of aromatic nitrogens is 2. The van der Waals surface area contributed by atoms with Crippen molar-refractivity contribution in [2.75, 3.05) is 6.54 Å². The highest BCUT2D eigenvalue weighted by Crippen LogP contribution is 2.42. The first kappa shape index (κ1) is 12.0. The molecule has 1 saturated carbocycles. The van der Waals surface area contributed by atoms with Crippen LogP contribution in [0.15, 0.2) is 0 Å². The molecule has 1 aromatic rings. The zero-order chi connectivity index (χ0) is 11.6. The average molecular weight is 239 g/mol. The van der Waals surface area contributed by atoms with Gasteiger partial charge >= 0.3 is 0 Å². The molecule has 4 heteroatoms. The topological polar surface area (TPSA) is 37.8 Å². The Kier molecular flexibility index (Phi) is 3.60. The predicted molar refractivity (Wildman–Crippen MR) is 67.8 cm³/mol. The molecule has 0 saturated heterocycles. The lowest BCUT2D eigenvalue weighted by atomic mass is 9.90. The molecule has 2 rings (SSSR count). The Labute approximate surface area is 102 Å². The standard InChI is InChI=1S/C12H21N3S/c1-4-13-9(2)10-14-15-11(16-10)12(3)7-5-6-8-12/h9,13H,4-8H2,1-3H3. The van der Waals surface area contributed by atoms with Crippen LogP contribution in [0.3, 0.4) is 0 Å². The van der Waals surface area contributed by atoms with E-state index in [2.05, 4.69) is 36.3 Å². The maximum Gasteiger partial charge on any atom is 0.134 e. The van der Waals surface area contributed by atoms with Gasteiger partial charge in [-0.2, -0.15) is 0 Å². The van der Waals surface area contributed by atoms with Crippen LogP contribution >= 0.6 is 11.3 Å². The fourth-order valence-corrected chi connectivity index (χ4v) is 3.49. The van der Waals surface area contributed by atoms with Crippen LogP contribution in [0.5, 0.6) is 0 Å². The number of hydrogen-bond donors (Lipinski definition) is 1. The zero-order valence-electron chi connectivity index (χ0n) is 10.4. The van der Waals surface area contributed by atoms with Crippen LogP contribution in [0, 0.1) is 0 Å². The zero-order valence-corrected chi connectivity index (χ0v) is 11.2. The fraction of sp³-hybridized carbons (Fsp3) is 0.833. The van der Waals surface area contributed by atoms with E-state index in [4.69, 9.17) is 0 Å². The lowest BCUT2D eigenvalue weighted by Gasteiger charge is -2.18. The second-order valence-corrected chi connectivity index (χ2v) is 6.00. The number of hydrogen-bond acceptors (Lipinski definition) is 4. The number of nitrogens with zero attached hydrogens (tertiary/aromatic N) is 2. The van der Waals surface area contributed by atoms with Gasteiger partial charge in [-0.05, 0) is 26.3 Å². The summed E-state index contributed by atoms with van der Waals surface area (Å²) in [5.41, 5.74) is 0.307. The molecular weight excluding hydrogens is 218 g/mol. The Morgan fingerprint density at radius 1 is 1.38 bits per heavy atom. The predicted octanol–water partition coefficient (Wildman–Crippen LogP) is 3.04. The van der Waals surface area contributed by atoms with Gasteiger partial charge < -0.3 is 5.32 Å². The summed E-state index contributed by atoms with van der Waals surface area (Å²) in [4.78, 5) is 0. The first-order chi connectivity index (χ1) is 7.65. The highest BCUT2D eigenvalue weighted by molar-refractivity contribution is 7.11. The van der Waals surface area contributed by atoms with Crippen LogP contribution < -0.4 is 5.32 Å². The molecule has 0 radical (unpaired) electrons. The summed E-state index contributed by atoms with van der Waals surface area (Å²) < 4.78 is 0. The lowest BCUT2D eigenvalue weighted by Crippen LogP contribution is -2.17. The van der Waals surface area contributed by atoms with E-state index in [1.807, 2.05) is 0 Å². The van der Waals surface area contributed by atoms with Gasteiger partial charge in [0.25, 0.3) is 0 Å². The molecule has 16 heavy (non-hydrogen) atoms. The molecule has 0 aromatic carbocycles. The molecule has 0 aliphatic heterocycles. The van der Waals surface area contributed by atoms with Crippen LogP contribution in [-0.4, -0.2) is 16.7 Å². The molecule has 90 valence electrons. The van der Waals surface area contributed by atoms with Crippen LogP contribution in [0.25, 0.3) is 0 Å². The third-order valence-corrected chi connectivity index (χ3v) is 4.96. The van der Waals surface area contributed by atoms with Crippen molar-refractivity contribution >= 4 is 11.3 Å². The average Bonchev–Trinajstić information content (AvgIpc) is 2.86. The molecule has 1 atom stereocenters. The van der Waals surface area contributed by atoms with Gasteiger partial charge in [0.05, 0.1) is 6.04 Å². The molecule has 1 N–H and O–H groups in total. The van der Waals surface area contributed by atoms with Crippen molar-refractivity contribution in [3.63, 3.8) is 0 Å². The molecule has 1 aliphatic rings. The van der Waals surface area contributed by atoms with E-state index >= 15 is 0 Å². The maximum absolute atomic E-state index is 4.40. The highest BCUT2D eigenvalue weighted by Gasteiger charge is 2.34. The molecule has 1 aliphatic carbocycles. The van der Waals surface area contributed by atoms with Crippen molar-refractivity contribution in [3.05, 3.63) is 10.0 Å². The molecule has 0 spiro atoms. The first-order valence-corrected chi connectivity index (χ1v) is 7.04. The normalized spacial score (nSPS) is 21.2. The first-order valence-electron chi connectivity index (χ1n) is 6.23. The van der Waals surface area contributed by atoms with Crippen molar-refractivity contribution < 1.29 is 0 Å². The van der Waals surface area contributed by atoms with Gasteiger partial charge in [-0.25, -0.2) is 0 Å². The van der Waals surface area contributed by atoms with Gasteiger partial charge in [-0.1, -0.05) is 38.0 Å².